The third kappa shape index (κ3) is 7.74. The molecule has 0 aromatic heterocycles. The van der Waals surface area contributed by atoms with E-state index in [4.69, 9.17) is 5.73 Å². The third-order valence-electron chi connectivity index (χ3n) is 1.53. The molecule has 7 nitrogen and oxygen atoms in total. The molecule has 0 rings (SSSR count). The Morgan fingerprint density at radius 2 is 1.50 bits per heavy atom. The smallest absolute Gasteiger partial charge is 0.239 e. The van der Waals surface area contributed by atoms with Crippen LogP contribution in [-0.2, 0) is 14.4 Å². The van der Waals surface area contributed by atoms with Crippen LogP contribution in [0.5, 0.6) is 0 Å². The van der Waals surface area contributed by atoms with Gasteiger partial charge in [-0.25, -0.2) is 0 Å². The monoisotopic (exact) mass is 230 g/mol. The molecule has 0 aromatic carbocycles. The van der Waals surface area contributed by atoms with Gasteiger partial charge in [0.2, 0.25) is 17.7 Å². The highest BCUT2D eigenvalue weighted by Gasteiger charge is 2.07. The molecule has 0 spiro atoms. The number of carbonyl (C=O) groups excluding carboxylic acids is 3. The maximum Gasteiger partial charge on any atom is 0.239 e. The number of nitrogens with one attached hydrogen (secondary N) is 3. The second-order valence-corrected chi connectivity index (χ2v) is 3.48. The Morgan fingerprint density at radius 1 is 1.00 bits per heavy atom. The first-order valence-electron chi connectivity index (χ1n) is 4.98. The van der Waals surface area contributed by atoms with Gasteiger partial charge in [-0.05, 0) is 13.8 Å². The third-order valence-corrected chi connectivity index (χ3v) is 1.53. The molecule has 7 heteroatoms. The van der Waals surface area contributed by atoms with Crippen molar-refractivity contribution in [2.45, 2.75) is 19.9 Å². The standard InChI is InChI=1S/C9H18N4O3/c1-6(2)13-9(16)5-12-8(15)4-11-7(14)3-10/h6H,3-5,10H2,1-2H3,(H,11,14)(H,12,15)(H,13,16). The van der Waals surface area contributed by atoms with Crippen molar-refractivity contribution in [2.75, 3.05) is 19.6 Å². The van der Waals surface area contributed by atoms with Crippen LogP contribution >= 0.6 is 0 Å². The van der Waals surface area contributed by atoms with Crippen molar-refractivity contribution in [3.8, 4) is 0 Å². The van der Waals surface area contributed by atoms with Crippen LogP contribution in [0.25, 0.3) is 0 Å². The van der Waals surface area contributed by atoms with Crippen LogP contribution in [0.4, 0.5) is 0 Å². The molecule has 0 radical (unpaired) electrons. The van der Waals surface area contributed by atoms with Gasteiger partial charge >= 0.3 is 0 Å². The van der Waals surface area contributed by atoms with E-state index >= 15 is 0 Å². The van der Waals surface area contributed by atoms with E-state index in [0.29, 0.717) is 0 Å². The van der Waals surface area contributed by atoms with Crippen LogP contribution in [0.3, 0.4) is 0 Å². The van der Waals surface area contributed by atoms with Gasteiger partial charge in [0.15, 0.2) is 0 Å². The number of hydrogen-bond donors (Lipinski definition) is 4. The zero-order valence-electron chi connectivity index (χ0n) is 9.50. The van der Waals surface area contributed by atoms with Gasteiger partial charge < -0.3 is 21.7 Å². The van der Waals surface area contributed by atoms with Gasteiger partial charge in [-0.3, -0.25) is 14.4 Å². The van der Waals surface area contributed by atoms with Gasteiger partial charge in [0.05, 0.1) is 19.6 Å². The highest BCUT2D eigenvalue weighted by molar-refractivity contribution is 5.88. The lowest BCUT2D eigenvalue weighted by Crippen LogP contribution is -2.44. The predicted octanol–water partition coefficient (Wildman–Crippen LogP) is -2.30. The second kappa shape index (κ2) is 7.63. The van der Waals surface area contributed by atoms with Crippen LogP contribution in [0.1, 0.15) is 13.8 Å². The Hall–Kier alpha value is -1.63. The maximum atomic E-state index is 11.1. The fraction of sp³-hybridized carbons (Fsp3) is 0.667. The van der Waals surface area contributed by atoms with Gasteiger partial charge in [0.1, 0.15) is 0 Å². The zero-order valence-corrected chi connectivity index (χ0v) is 9.50. The summed E-state index contributed by atoms with van der Waals surface area (Å²) in [4.78, 5) is 32.9. The Kier molecular flexibility index (Phi) is 6.86. The fourth-order valence-electron chi connectivity index (χ4n) is 0.865. The predicted molar refractivity (Wildman–Crippen MR) is 58.4 cm³/mol. The van der Waals surface area contributed by atoms with Gasteiger partial charge in [-0.2, -0.15) is 0 Å². The average Bonchev–Trinajstić information content (AvgIpc) is 2.22. The van der Waals surface area contributed by atoms with Crippen LogP contribution < -0.4 is 21.7 Å². The first kappa shape index (κ1) is 14.4. The SMILES string of the molecule is CC(C)NC(=O)CNC(=O)CNC(=O)CN. The first-order valence-corrected chi connectivity index (χ1v) is 4.98. The first-order chi connectivity index (χ1) is 7.45. The molecule has 0 atom stereocenters. The molecular formula is C9H18N4O3. The summed E-state index contributed by atoms with van der Waals surface area (Å²) in [6, 6.07) is 0.0290. The van der Waals surface area contributed by atoms with E-state index in [-0.39, 0.29) is 31.6 Å². The van der Waals surface area contributed by atoms with Gasteiger partial charge in [-0.1, -0.05) is 0 Å². The molecule has 92 valence electrons. The molecule has 0 fully saturated rings. The number of rotatable bonds is 6. The molecule has 0 aliphatic carbocycles. The molecule has 5 N–H and O–H groups in total. The van der Waals surface area contributed by atoms with E-state index in [2.05, 4.69) is 16.0 Å². The van der Waals surface area contributed by atoms with Crippen LogP contribution in [0, 0.1) is 0 Å². The van der Waals surface area contributed by atoms with Gasteiger partial charge in [0, 0.05) is 6.04 Å². The quantitative estimate of drug-likeness (QED) is 0.411. The molecule has 0 saturated heterocycles. The number of hydrogen-bond acceptors (Lipinski definition) is 4. The Labute approximate surface area is 94.1 Å². The van der Waals surface area contributed by atoms with Crippen molar-refractivity contribution >= 4 is 17.7 Å². The van der Waals surface area contributed by atoms with Crippen molar-refractivity contribution in [2.24, 2.45) is 5.73 Å². The highest BCUT2D eigenvalue weighted by atomic mass is 16.2. The van der Waals surface area contributed by atoms with Crippen molar-refractivity contribution in [3.05, 3.63) is 0 Å². The zero-order chi connectivity index (χ0) is 12.6. The normalized spacial score (nSPS) is 9.75. The van der Waals surface area contributed by atoms with Crippen molar-refractivity contribution in [3.63, 3.8) is 0 Å². The summed E-state index contributed by atoms with van der Waals surface area (Å²) in [5, 5.41) is 7.26. The minimum absolute atomic E-state index is 0.0290. The summed E-state index contributed by atoms with van der Waals surface area (Å²) < 4.78 is 0. The van der Waals surface area contributed by atoms with Crippen LogP contribution in [-0.4, -0.2) is 43.4 Å². The molecule has 0 heterocycles. The summed E-state index contributed by atoms with van der Waals surface area (Å²) in [5.41, 5.74) is 5.03. The number of amides is 3. The lowest BCUT2D eigenvalue weighted by atomic mass is 10.4. The molecule has 3 amide bonds. The lowest BCUT2D eigenvalue weighted by Gasteiger charge is -2.09. The summed E-state index contributed by atoms with van der Waals surface area (Å²) >= 11 is 0. The van der Waals surface area contributed by atoms with E-state index < -0.39 is 11.8 Å². The summed E-state index contributed by atoms with van der Waals surface area (Å²) in [5.74, 6) is -1.11. The largest absolute Gasteiger partial charge is 0.352 e. The van der Waals surface area contributed by atoms with E-state index in [1.807, 2.05) is 13.8 Å². The van der Waals surface area contributed by atoms with E-state index in [9.17, 15) is 14.4 Å². The Bertz CT molecular complexity index is 265. The molecule has 0 aromatic rings. The lowest BCUT2D eigenvalue weighted by molar-refractivity contribution is -0.127. The molecule has 0 aliphatic rings. The van der Waals surface area contributed by atoms with E-state index in [0.717, 1.165) is 0 Å². The topological polar surface area (TPSA) is 113 Å². The fourth-order valence-corrected chi connectivity index (χ4v) is 0.865. The summed E-state index contributed by atoms with van der Waals surface area (Å²) in [7, 11) is 0. The molecule has 0 bridgehead atoms. The molecular weight excluding hydrogens is 212 g/mol. The number of nitrogens with two attached hydrogens (primary N) is 1. The summed E-state index contributed by atoms with van der Waals surface area (Å²) in [6.45, 7) is 3.20. The van der Waals surface area contributed by atoms with Crippen molar-refractivity contribution in [1.29, 1.82) is 0 Å². The Balaban J connectivity index is 3.65. The highest BCUT2D eigenvalue weighted by Crippen LogP contribution is 1.75. The van der Waals surface area contributed by atoms with Crippen molar-refractivity contribution < 1.29 is 14.4 Å². The van der Waals surface area contributed by atoms with Crippen molar-refractivity contribution in [1.82, 2.24) is 16.0 Å². The van der Waals surface area contributed by atoms with E-state index in [1.165, 1.54) is 0 Å². The van der Waals surface area contributed by atoms with E-state index in [1.54, 1.807) is 0 Å². The van der Waals surface area contributed by atoms with Crippen LogP contribution in [0.15, 0.2) is 0 Å². The minimum Gasteiger partial charge on any atom is -0.352 e. The second-order valence-electron chi connectivity index (χ2n) is 3.48. The minimum atomic E-state index is -0.430. The van der Waals surface area contributed by atoms with Gasteiger partial charge in [0.25, 0.3) is 0 Å². The number of carbonyl (C=O) groups is 3. The molecule has 0 aliphatic heterocycles. The molecule has 0 unspecified atom stereocenters. The average molecular weight is 230 g/mol. The molecule has 16 heavy (non-hydrogen) atoms. The maximum absolute atomic E-state index is 11.1. The Morgan fingerprint density at radius 3 is 2.00 bits per heavy atom. The van der Waals surface area contributed by atoms with Crippen LogP contribution in [0.2, 0.25) is 0 Å². The summed E-state index contributed by atoms with van der Waals surface area (Å²) in [6.07, 6.45) is 0. The molecule has 0 saturated carbocycles. The van der Waals surface area contributed by atoms with Gasteiger partial charge in [-0.15, -0.1) is 0 Å².